The number of ether oxygens (including phenoxy) is 3. The van der Waals surface area contributed by atoms with Gasteiger partial charge in [-0.3, -0.25) is 0 Å². The van der Waals surface area contributed by atoms with Crippen molar-refractivity contribution in [1.82, 2.24) is 9.88 Å². The summed E-state index contributed by atoms with van der Waals surface area (Å²) >= 11 is 3.61. The van der Waals surface area contributed by atoms with Crippen LogP contribution in [-0.4, -0.2) is 85.3 Å². The normalized spacial score (nSPS) is 15.4. The van der Waals surface area contributed by atoms with Crippen LogP contribution < -0.4 is 9.80 Å². The van der Waals surface area contributed by atoms with Crippen molar-refractivity contribution >= 4 is 33.5 Å². The fraction of sp³-hybridized carbons (Fsp3) is 0.769. The molecule has 35 heavy (non-hydrogen) atoms. The molecular formula is C26H45BrN4O4. The van der Waals surface area contributed by atoms with Gasteiger partial charge < -0.3 is 28.9 Å². The number of anilines is 2. The first-order valence-corrected chi connectivity index (χ1v) is 13.2. The van der Waals surface area contributed by atoms with Crippen LogP contribution in [0, 0.1) is 0 Å². The molecule has 1 aliphatic heterocycles. The maximum Gasteiger partial charge on any atom is 0.410 e. The fourth-order valence-electron chi connectivity index (χ4n) is 3.60. The number of nitrogens with zero attached hydrogens (tertiary/aromatic N) is 4. The Morgan fingerprint density at radius 1 is 0.914 bits per heavy atom. The van der Waals surface area contributed by atoms with Gasteiger partial charge in [-0.05, 0) is 84.3 Å². The third-order valence-corrected chi connectivity index (χ3v) is 5.61. The SMILES string of the molecule is CC(C)(C)OCCN(CCOC(C)(C)C)c1cc(Br)cnc1N1CCN(C(=O)OC(C)(C)C)CC1. The number of rotatable bonds is 8. The number of carbonyl (C=O) groups is 1. The summed E-state index contributed by atoms with van der Waals surface area (Å²) in [6, 6.07) is 2.11. The molecular weight excluding hydrogens is 512 g/mol. The van der Waals surface area contributed by atoms with Crippen LogP contribution in [-0.2, 0) is 14.2 Å². The number of hydrogen-bond acceptors (Lipinski definition) is 7. The number of carbonyl (C=O) groups excluding carboxylic acids is 1. The molecule has 0 saturated carbocycles. The Morgan fingerprint density at radius 3 is 1.89 bits per heavy atom. The van der Waals surface area contributed by atoms with Gasteiger partial charge in [-0.2, -0.15) is 0 Å². The van der Waals surface area contributed by atoms with Gasteiger partial charge in [-0.25, -0.2) is 9.78 Å². The van der Waals surface area contributed by atoms with Crippen LogP contribution in [0.25, 0.3) is 0 Å². The summed E-state index contributed by atoms with van der Waals surface area (Å²) in [6.45, 7) is 23.2. The van der Waals surface area contributed by atoms with Gasteiger partial charge in [0.05, 0.1) is 30.1 Å². The molecule has 1 aliphatic rings. The molecule has 0 aliphatic carbocycles. The van der Waals surface area contributed by atoms with Gasteiger partial charge in [0.2, 0.25) is 0 Å². The van der Waals surface area contributed by atoms with Crippen LogP contribution in [0.4, 0.5) is 16.3 Å². The molecule has 2 heterocycles. The molecule has 1 aromatic rings. The van der Waals surface area contributed by atoms with Gasteiger partial charge in [-0.15, -0.1) is 0 Å². The van der Waals surface area contributed by atoms with E-state index in [1.165, 1.54) is 0 Å². The van der Waals surface area contributed by atoms with Crippen LogP contribution in [0.15, 0.2) is 16.7 Å². The van der Waals surface area contributed by atoms with Crippen molar-refractivity contribution in [3.05, 3.63) is 16.7 Å². The topological polar surface area (TPSA) is 67.4 Å². The molecule has 0 bridgehead atoms. The molecule has 8 nitrogen and oxygen atoms in total. The summed E-state index contributed by atoms with van der Waals surface area (Å²) in [6.07, 6.45) is 1.57. The Labute approximate surface area is 220 Å². The number of pyridine rings is 1. The zero-order valence-electron chi connectivity index (χ0n) is 23.1. The van der Waals surface area contributed by atoms with E-state index in [9.17, 15) is 4.79 Å². The number of amides is 1. The predicted octanol–water partition coefficient (Wildman–Crippen LogP) is 5.34. The van der Waals surface area contributed by atoms with Crippen molar-refractivity contribution < 1.29 is 19.0 Å². The highest BCUT2D eigenvalue weighted by atomic mass is 79.9. The van der Waals surface area contributed by atoms with Gasteiger partial charge in [0.1, 0.15) is 5.60 Å². The van der Waals surface area contributed by atoms with E-state index in [-0.39, 0.29) is 17.3 Å². The zero-order chi connectivity index (χ0) is 26.4. The van der Waals surface area contributed by atoms with E-state index in [0.717, 1.165) is 16.0 Å². The van der Waals surface area contributed by atoms with Crippen molar-refractivity contribution in [3.63, 3.8) is 0 Å². The van der Waals surface area contributed by atoms with Crippen molar-refractivity contribution in [2.75, 3.05) is 62.3 Å². The molecule has 0 aromatic carbocycles. The first-order valence-electron chi connectivity index (χ1n) is 12.5. The van der Waals surface area contributed by atoms with Gasteiger partial charge in [0.25, 0.3) is 0 Å². The smallest absolute Gasteiger partial charge is 0.410 e. The minimum Gasteiger partial charge on any atom is -0.444 e. The zero-order valence-corrected chi connectivity index (χ0v) is 24.7. The lowest BCUT2D eigenvalue weighted by atomic mass is 10.2. The van der Waals surface area contributed by atoms with Gasteiger partial charge in [0.15, 0.2) is 5.82 Å². The van der Waals surface area contributed by atoms with E-state index in [2.05, 4.69) is 73.3 Å². The first-order chi connectivity index (χ1) is 16.0. The number of aromatic nitrogens is 1. The molecule has 200 valence electrons. The van der Waals surface area contributed by atoms with E-state index in [1.807, 2.05) is 27.0 Å². The summed E-state index contributed by atoms with van der Waals surface area (Å²) in [5.74, 6) is 0.906. The molecule has 1 aromatic heterocycles. The van der Waals surface area contributed by atoms with E-state index >= 15 is 0 Å². The maximum atomic E-state index is 12.5. The fourth-order valence-corrected chi connectivity index (χ4v) is 3.92. The molecule has 0 atom stereocenters. The second-order valence-corrected chi connectivity index (χ2v) is 12.8. The van der Waals surface area contributed by atoms with E-state index in [4.69, 9.17) is 19.2 Å². The van der Waals surface area contributed by atoms with Crippen LogP contribution >= 0.6 is 15.9 Å². The average molecular weight is 558 g/mol. The molecule has 2 rings (SSSR count). The molecule has 0 spiro atoms. The Hall–Kier alpha value is -1.58. The Balaban J connectivity index is 2.18. The lowest BCUT2D eigenvalue weighted by Crippen LogP contribution is -2.50. The van der Waals surface area contributed by atoms with Crippen molar-refractivity contribution in [2.45, 2.75) is 79.1 Å². The van der Waals surface area contributed by atoms with Crippen molar-refractivity contribution in [3.8, 4) is 0 Å². The molecule has 1 saturated heterocycles. The quantitative estimate of drug-likeness (QED) is 0.428. The lowest BCUT2D eigenvalue weighted by molar-refractivity contribution is -0.00537. The molecule has 1 amide bonds. The van der Waals surface area contributed by atoms with E-state index < -0.39 is 5.60 Å². The van der Waals surface area contributed by atoms with Crippen LogP contribution in [0.5, 0.6) is 0 Å². The Bertz CT molecular complexity index is 802. The minimum absolute atomic E-state index is 0.204. The summed E-state index contributed by atoms with van der Waals surface area (Å²) in [5, 5.41) is 0. The average Bonchev–Trinajstić information content (AvgIpc) is 2.70. The first kappa shape index (κ1) is 29.6. The van der Waals surface area contributed by atoms with Gasteiger partial charge in [-0.1, -0.05) is 0 Å². The summed E-state index contributed by atoms with van der Waals surface area (Å²) in [5.41, 5.74) is 0.118. The van der Waals surface area contributed by atoms with Crippen molar-refractivity contribution in [1.29, 1.82) is 0 Å². The molecule has 0 unspecified atom stereocenters. The standard InChI is InChI=1S/C26H45BrN4O4/c1-24(2,3)33-16-14-29(15-17-34-25(4,5)6)21-18-20(27)19-28-22(21)30-10-12-31(13-11-30)23(32)35-26(7,8)9/h18-19H,10-17H2,1-9H3. The van der Waals surface area contributed by atoms with Gasteiger partial charge in [0, 0.05) is 49.9 Å². The highest BCUT2D eigenvalue weighted by molar-refractivity contribution is 9.10. The number of piperazine rings is 1. The third-order valence-electron chi connectivity index (χ3n) is 5.18. The monoisotopic (exact) mass is 556 g/mol. The van der Waals surface area contributed by atoms with E-state index in [1.54, 1.807) is 4.90 Å². The highest BCUT2D eigenvalue weighted by Gasteiger charge is 2.28. The number of hydrogen-bond donors (Lipinski definition) is 0. The summed E-state index contributed by atoms with van der Waals surface area (Å²) in [4.78, 5) is 23.6. The second-order valence-electron chi connectivity index (χ2n) is 11.9. The van der Waals surface area contributed by atoms with Crippen molar-refractivity contribution in [2.24, 2.45) is 0 Å². The molecule has 1 fully saturated rings. The summed E-state index contributed by atoms with van der Waals surface area (Å²) < 4.78 is 18.5. The van der Waals surface area contributed by atoms with Gasteiger partial charge >= 0.3 is 6.09 Å². The summed E-state index contributed by atoms with van der Waals surface area (Å²) in [7, 11) is 0. The highest BCUT2D eigenvalue weighted by Crippen LogP contribution is 2.31. The molecule has 0 N–H and O–H groups in total. The van der Waals surface area contributed by atoms with E-state index in [0.29, 0.717) is 52.5 Å². The van der Waals surface area contributed by atoms with Crippen LogP contribution in [0.1, 0.15) is 62.3 Å². The largest absolute Gasteiger partial charge is 0.444 e. The number of halogens is 1. The molecule has 9 heteroatoms. The Kier molecular flexibility index (Phi) is 10.3. The Morgan fingerprint density at radius 2 is 1.43 bits per heavy atom. The predicted molar refractivity (Wildman–Crippen MR) is 146 cm³/mol. The third kappa shape index (κ3) is 10.9. The maximum absolute atomic E-state index is 12.5. The second kappa shape index (κ2) is 12.1. The lowest BCUT2D eigenvalue weighted by Gasteiger charge is -2.38. The van der Waals surface area contributed by atoms with Crippen LogP contribution in [0.3, 0.4) is 0 Å². The minimum atomic E-state index is -0.501. The van der Waals surface area contributed by atoms with Crippen LogP contribution in [0.2, 0.25) is 0 Å². The molecule has 0 radical (unpaired) electrons.